The Labute approximate surface area is 109 Å². The van der Waals surface area contributed by atoms with E-state index in [4.69, 9.17) is 10.7 Å². The Morgan fingerprint density at radius 2 is 2.06 bits per heavy atom. The molecule has 0 amide bonds. The fourth-order valence-corrected chi connectivity index (χ4v) is 2.30. The highest BCUT2D eigenvalue weighted by molar-refractivity contribution is 5.77. The topological polar surface area (TPSA) is 43.8 Å². The molecule has 3 nitrogen and oxygen atoms in total. The van der Waals surface area contributed by atoms with Gasteiger partial charge in [-0.05, 0) is 31.0 Å². The lowest BCUT2D eigenvalue weighted by Crippen LogP contribution is -2.31. The Morgan fingerprint density at radius 1 is 1.33 bits per heavy atom. The Bertz CT molecular complexity index is 552. The van der Waals surface area contributed by atoms with Crippen LogP contribution in [0.5, 0.6) is 0 Å². The van der Waals surface area contributed by atoms with Crippen molar-refractivity contribution in [3.05, 3.63) is 29.6 Å². The number of hydrogen-bond acceptors (Lipinski definition) is 2. The molecule has 0 saturated carbocycles. The summed E-state index contributed by atoms with van der Waals surface area (Å²) in [5, 5.41) is 0. The van der Waals surface area contributed by atoms with Gasteiger partial charge < -0.3 is 10.3 Å². The Kier molecular flexibility index (Phi) is 3.44. The summed E-state index contributed by atoms with van der Waals surface area (Å²) in [4.78, 5) is 4.82. The molecule has 0 saturated heterocycles. The molecule has 0 aliphatic rings. The minimum Gasteiger partial charge on any atom is -0.329 e. The lowest BCUT2D eigenvalue weighted by atomic mass is 9.92. The van der Waals surface area contributed by atoms with Gasteiger partial charge in [-0.3, -0.25) is 0 Å². The number of fused-ring (bicyclic) bond motifs is 1. The molecule has 3 heteroatoms. The van der Waals surface area contributed by atoms with Crippen LogP contribution in [0.3, 0.4) is 0 Å². The van der Waals surface area contributed by atoms with Crippen molar-refractivity contribution in [3.63, 3.8) is 0 Å². The van der Waals surface area contributed by atoms with Gasteiger partial charge in [-0.25, -0.2) is 4.98 Å². The van der Waals surface area contributed by atoms with Crippen LogP contribution in [0.15, 0.2) is 18.2 Å². The monoisotopic (exact) mass is 245 g/mol. The van der Waals surface area contributed by atoms with Crippen molar-refractivity contribution in [2.75, 3.05) is 6.54 Å². The lowest BCUT2D eigenvalue weighted by Gasteiger charge is -2.23. The second-order valence-corrected chi connectivity index (χ2v) is 5.67. The van der Waals surface area contributed by atoms with E-state index in [2.05, 4.69) is 50.5 Å². The molecule has 98 valence electrons. The van der Waals surface area contributed by atoms with Crippen LogP contribution in [-0.2, 0) is 12.0 Å². The van der Waals surface area contributed by atoms with Gasteiger partial charge in [0.05, 0.1) is 11.0 Å². The molecule has 0 bridgehead atoms. The highest BCUT2D eigenvalue weighted by atomic mass is 15.1. The van der Waals surface area contributed by atoms with Gasteiger partial charge in [0.1, 0.15) is 5.82 Å². The minimum absolute atomic E-state index is 0.0813. The summed E-state index contributed by atoms with van der Waals surface area (Å²) in [5.74, 6) is 1.10. The van der Waals surface area contributed by atoms with Gasteiger partial charge >= 0.3 is 0 Å². The van der Waals surface area contributed by atoms with E-state index in [1.165, 1.54) is 11.1 Å². The molecule has 2 N–H and O–H groups in total. The molecule has 1 aromatic heterocycles. The van der Waals surface area contributed by atoms with Gasteiger partial charge in [-0.15, -0.1) is 0 Å². The zero-order chi connectivity index (χ0) is 13.3. The number of benzene rings is 1. The molecule has 2 rings (SSSR count). The average Bonchev–Trinajstić information content (AvgIpc) is 2.68. The van der Waals surface area contributed by atoms with Crippen molar-refractivity contribution in [2.45, 2.75) is 46.1 Å². The number of nitrogens with two attached hydrogens (primary N) is 1. The van der Waals surface area contributed by atoms with E-state index in [9.17, 15) is 0 Å². The average molecular weight is 245 g/mol. The number of nitrogens with zero attached hydrogens (tertiary/aromatic N) is 2. The predicted octanol–water partition coefficient (Wildman–Crippen LogP) is 2.99. The largest absolute Gasteiger partial charge is 0.329 e. The molecular weight excluding hydrogens is 222 g/mol. The van der Waals surface area contributed by atoms with Crippen molar-refractivity contribution < 1.29 is 0 Å². The van der Waals surface area contributed by atoms with Crippen LogP contribution >= 0.6 is 0 Å². The first kappa shape index (κ1) is 13.1. The Hall–Kier alpha value is -1.35. The molecule has 1 heterocycles. The summed E-state index contributed by atoms with van der Waals surface area (Å²) in [7, 11) is 0. The summed E-state index contributed by atoms with van der Waals surface area (Å²) in [5.41, 5.74) is 9.38. The van der Waals surface area contributed by atoms with Gasteiger partial charge in [0.15, 0.2) is 0 Å². The molecule has 0 aliphatic heterocycles. The number of hydrogen-bond donors (Lipinski definition) is 1. The van der Waals surface area contributed by atoms with Crippen molar-refractivity contribution in [1.82, 2.24) is 9.55 Å². The van der Waals surface area contributed by atoms with E-state index in [0.29, 0.717) is 6.54 Å². The Morgan fingerprint density at radius 3 is 2.67 bits per heavy atom. The van der Waals surface area contributed by atoms with Gasteiger partial charge in [0.25, 0.3) is 0 Å². The predicted molar refractivity (Wildman–Crippen MR) is 76.8 cm³/mol. The maximum Gasteiger partial charge on any atom is 0.116 e. The fraction of sp³-hybridized carbons (Fsp3) is 0.533. The van der Waals surface area contributed by atoms with Gasteiger partial charge in [0, 0.05) is 18.5 Å². The highest BCUT2D eigenvalue weighted by Gasteiger charge is 2.25. The highest BCUT2D eigenvalue weighted by Crippen LogP contribution is 2.26. The SMILES string of the molecule is CCCn1c(C(C)(C)CN)nc2cc(C)ccc21. The van der Waals surface area contributed by atoms with Crippen molar-refractivity contribution >= 4 is 11.0 Å². The first-order chi connectivity index (χ1) is 8.49. The van der Waals surface area contributed by atoms with Crippen LogP contribution in [0.2, 0.25) is 0 Å². The maximum absolute atomic E-state index is 5.90. The summed E-state index contributed by atoms with van der Waals surface area (Å²) in [6.45, 7) is 10.2. The lowest BCUT2D eigenvalue weighted by molar-refractivity contribution is 0.469. The second-order valence-electron chi connectivity index (χ2n) is 5.67. The first-order valence-electron chi connectivity index (χ1n) is 6.67. The van der Waals surface area contributed by atoms with Crippen molar-refractivity contribution in [2.24, 2.45) is 5.73 Å². The van der Waals surface area contributed by atoms with E-state index >= 15 is 0 Å². The molecule has 0 aliphatic carbocycles. The molecule has 1 aromatic carbocycles. The van der Waals surface area contributed by atoms with Crippen LogP contribution in [0, 0.1) is 6.92 Å². The summed E-state index contributed by atoms with van der Waals surface area (Å²) in [6, 6.07) is 6.47. The third-order valence-electron chi connectivity index (χ3n) is 3.47. The number of imidazole rings is 1. The summed E-state index contributed by atoms with van der Waals surface area (Å²) in [6.07, 6.45) is 1.10. The number of rotatable bonds is 4. The van der Waals surface area contributed by atoms with Crippen LogP contribution in [0.4, 0.5) is 0 Å². The number of aryl methyl sites for hydroxylation is 2. The molecule has 0 spiro atoms. The fourth-order valence-electron chi connectivity index (χ4n) is 2.30. The second kappa shape index (κ2) is 4.73. The van der Waals surface area contributed by atoms with E-state index in [1.54, 1.807) is 0 Å². The van der Waals surface area contributed by atoms with Crippen molar-refractivity contribution in [1.29, 1.82) is 0 Å². The first-order valence-corrected chi connectivity index (χ1v) is 6.67. The van der Waals surface area contributed by atoms with Crippen molar-refractivity contribution in [3.8, 4) is 0 Å². The molecule has 2 aromatic rings. The molecule has 0 fully saturated rings. The molecule has 18 heavy (non-hydrogen) atoms. The normalized spacial score (nSPS) is 12.3. The quantitative estimate of drug-likeness (QED) is 0.900. The van der Waals surface area contributed by atoms with Gasteiger partial charge in [-0.1, -0.05) is 26.8 Å². The molecule has 0 unspecified atom stereocenters. The van der Waals surface area contributed by atoms with Crippen LogP contribution in [0.1, 0.15) is 38.6 Å². The van der Waals surface area contributed by atoms with E-state index in [0.717, 1.165) is 24.3 Å². The van der Waals surface area contributed by atoms with E-state index in [1.807, 2.05) is 0 Å². The third-order valence-corrected chi connectivity index (χ3v) is 3.47. The van der Waals surface area contributed by atoms with Gasteiger partial charge in [-0.2, -0.15) is 0 Å². The van der Waals surface area contributed by atoms with Gasteiger partial charge in [0.2, 0.25) is 0 Å². The van der Waals surface area contributed by atoms with E-state index in [-0.39, 0.29) is 5.41 Å². The van der Waals surface area contributed by atoms with Crippen LogP contribution in [-0.4, -0.2) is 16.1 Å². The standard InChI is InChI=1S/C15H23N3/c1-5-8-18-13-7-6-11(2)9-12(13)17-14(18)15(3,4)10-16/h6-7,9H,5,8,10,16H2,1-4H3. The summed E-state index contributed by atoms with van der Waals surface area (Å²) >= 11 is 0. The summed E-state index contributed by atoms with van der Waals surface area (Å²) < 4.78 is 2.32. The van der Waals surface area contributed by atoms with E-state index < -0.39 is 0 Å². The molecule has 0 atom stereocenters. The smallest absolute Gasteiger partial charge is 0.116 e. The Balaban J connectivity index is 2.68. The minimum atomic E-state index is -0.0813. The third kappa shape index (κ3) is 2.15. The maximum atomic E-state index is 5.90. The van der Waals surface area contributed by atoms with Crippen LogP contribution in [0.25, 0.3) is 11.0 Å². The zero-order valence-electron chi connectivity index (χ0n) is 11.8. The zero-order valence-corrected chi connectivity index (χ0v) is 11.8. The molecule has 0 radical (unpaired) electrons. The number of aromatic nitrogens is 2. The van der Waals surface area contributed by atoms with Crippen LogP contribution < -0.4 is 5.73 Å². The molecular formula is C15H23N3.